The van der Waals surface area contributed by atoms with Crippen LogP contribution in [0.1, 0.15) is 0 Å². The van der Waals surface area contributed by atoms with Gasteiger partial charge in [-0.1, -0.05) is 11.8 Å². The molecule has 0 aromatic carbocycles. The van der Waals surface area contributed by atoms with Gasteiger partial charge >= 0.3 is 0 Å². The zero-order valence-corrected chi connectivity index (χ0v) is 11.0. The number of likely N-dealkylation sites (N-methyl/N-ethyl adjacent to an activating group) is 1. The van der Waals surface area contributed by atoms with Gasteiger partial charge in [0.15, 0.2) is 5.17 Å². The molecule has 2 aliphatic heterocycles. The molecule has 6 nitrogen and oxygen atoms in total. The summed E-state index contributed by atoms with van der Waals surface area (Å²) in [5, 5.41) is 23.8. The van der Waals surface area contributed by atoms with E-state index < -0.39 is 12.2 Å². The number of hydrogen-bond acceptors (Lipinski definition) is 7. The molecule has 7 heteroatoms. The van der Waals surface area contributed by atoms with Crippen molar-refractivity contribution in [1.29, 1.82) is 0 Å². The maximum atomic E-state index is 10.0. The van der Waals surface area contributed by atoms with Crippen LogP contribution in [0, 0.1) is 0 Å². The summed E-state index contributed by atoms with van der Waals surface area (Å²) in [7, 11) is 5.59. The van der Waals surface area contributed by atoms with Crippen LogP contribution in [-0.4, -0.2) is 77.8 Å². The topological polar surface area (TPSA) is 77.3 Å². The van der Waals surface area contributed by atoms with Crippen molar-refractivity contribution in [2.45, 2.75) is 29.8 Å². The quantitative estimate of drug-likeness (QED) is 0.573. The van der Waals surface area contributed by atoms with Crippen LogP contribution in [-0.2, 0) is 4.74 Å². The van der Waals surface area contributed by atoms with Crippen LogP contribution in [0.25, 0.3) is 0 Å². The van der Waals surface area contributed by atoms with E-state index in [1.165, 1.54) is 11.8 Å². The number of aliphatic hydroxyl groups is 2. The van der Waals surface area contributed by atoms with E-state index in [1.807, 2.05) is 19.0 Å². The third-order valence-electron chi connectivity index (χ3n) is 2.94. The Morgan fingerprint density at radius 3 is 2.71 bits per heavy atom. The summed E-state index contributed by atoms with van der Waals surface area (Å²) in [6.45, 7) is 0.513. The van der Waals surface area contributed by atoms with Gasteiger partial charge in [-0.05, 0) is 7.05 Å². The number of aliphatic hydroxyl groups excluding tert-OH is 2. The highest BCUT2D eigenvalue weighted by Crippen LogP contribution is 2.36. The van der Waals surface area contributed by atoms with Crippen LogP contribution < -0.4 is 5.32 Å². The van der Waals surface area contributed by atoms with Crippen molar-refractivity contribution in [3.63, 3.8) is 0 Å². The van der Waals surface area contributed by atoms with Crippen molar-refractivity contribution in [2.75, 3.05) is 27.7 Å². The van der Waals surface area contributed by atoms with Crippen LogP contribution in [0.3, 0.4) is 0 Å². The van der Waals surface area contributed by atoms with E-state index in [4.69, 9.17) is 4.74 Å². The van der Waals surface area contributed by atoms with Gasteiger partial charge < -0.3 is 25.2 Å². The van der Waals surface area contributed by atoms with Gasteiger partial charge in [-0.15, -0.1) is 0 Å². The molecular formula is C10H19N3O3S. The lowest BCUT2D eigenvalue weighted by molar-refractivity contribution is -0.150. The Morgan fingerprint density at radius 2 is 2.12 bits per heavy atom. The third-order valence-corrected chi connectivity index (χ3v) is 4.24. The average Bonchev–Trinajstić information content (AvgIpc) is 2.70. The second-order valence-corrected chi connectivity index (χ2v) is 5.56. The molecule has 98 valence electrons. The van der Waals surface area contributed by atoms with Crippen LogP contribution in [0.2, 0.25) is 0 Å². The van der Waals surface area contributed by atoms with Crippen LogP contribution in [0.4, 0.5) is 0 Å². The number of thioether (sulfide) groups is 1. The maximum absolute atomic E-state index is 10.0. The molecule has 1 fully saturated rings. The van der Waals surface area contributed by atoms with Gasteiger partial charge in [-0.2, -0.15) is 0 Å². The Hall–Kier alpha value is -0.340. The van der Waals surface area contributed by atoms with Gasteiger partial charge in [0.25, 0.3) is 0 Å². The van der Waals surface area contributed by atoms with Crippen molar-refractivity contribution in [1.82, 2.24) is 10.2 Å². The number of fused-ring (bicyclic) bond motifs is 1. The van der Waals surface area contributed by atoms with Crippen molar-refractivity contribution in [3.8, 4) is 0 Å². The molecule has 1 saturated heterocycles. The number of nitrogens with zero attached hydrogens (tertiary/aromatic N) is 2. The number of ether oxygens (including phenoxy) is 1. The van der Waals surface area contributed by atoms with Gasteiger partial charge in [0.1, 0.15) is 29.8 Å². The lowest BCUT2D eigenvalue weighted by atomic mass is 9.98. The molecule has 2 heterocycles. The largest absolute Gasteiger partial charge is 0.388 e. The summed E-state index contributed by atoms with van der Waals surface area (Å²) in [6, 6.07) is -0.375. The second kappa shape index (κ2) is 5.11. The summed E-state index contributed by atoms with van der Waals surface area (Å²) < 4.78 is 5.76. The Kier molecular flexibility index (Phi) is 3.94. The van der Waals surface area contributed by atoms with E-state index in [2.05, 4.69) is 10.3 Å². The first-order chi connectivity index (χ1) is 8.04. The van der Waals surface area contributed by atoms with E-state index in [9.17, 15) is 10.2 Å². The zero-order chi connectivity index (χ0) is 12.6. The predicted octanol–water partition coefficient (Wildman–Crippen LogP) is -1.31. The van der Waals surface area contributed by atoms with Gasteiger partial charge in [0.2, 0.25) is 0 Å². The summed E-state index contributed by atoms with van der Waals surface area (Å²) in [6.07, 6.45) is -2.15. The molecular weight excluding hydrogens is 242 g/mol. The summed E-state index contributed by atoms with van der Waals surface area (Å²) >= 11 is 1.49. The predicted molar refractivity (Wildman–Crippen MR) is 67.1 cm³/mol. The molecule has 0 amide bonds. The molecule has 5 atom stereocenters. The van der Waals surface area contributed by atoms with E-state index in [0.29, 0.717) is 6.54 Å². The lowest BCUT2D eigenvalue weighted by Gasteiger charge is -2.38. The summed E-state index contributed by atoms with van der Waals surface area (Å²) in [4.78, 5) is 6.27. The van der Waals surface area contributed by atoms with Crippen molar-refractivity contribution < 1.29 is 14.9 Å². The van der Waals surface area contributed by atoms with E-state index >= 15 is 0 Å². The minimum absolute atomic E-state index is 0.204. The highest BCUT2D eigenvalue weighted by Gasteiger charge is 2.48. The van der Waals surface area contributed by atoms with Crippen LogP contribution in [0.5, 0.6) is 0 Å². The molecule has 2 aliphatic rings. The SMILES string of the molecule is CNCC1OC2SC(N(C)C)=NC2C(O)C1O. The fraction of sp³-hybridized carbons (Fsp3) is 0.900. The highest BCUT2D eigenvalue weighted by atomic mass is 32.2. The molecule has 0 aromatic rings. The number of amidine groups is 1. The van der Waals surface area contributed by atoms with Crippen molar-refractivity contribution >= 4 is 16.9 Å². The number of aliphatic imine (C=N–C) groups is 1. The third kappa shape index (κ3) is 2.43. The number of rotatable bonds is 2. The van der Waals surface area contributed by atoms with E-state index in [0.717, 1.165) is 5.17 Å². The first-order valence-electron chi connectivity index (χ1n) is 5.62. The molecule has 0 saturated carbocycles. The monoisotopic (exact) mass is 261 g/mol. The molecule has 0 aliphatic carbocycles. The minimum Gasteiger partial charge on any atom is -0.388 e. The molecule has 0 radical (unpaired) electrons. The van der Waals surface area contributed by atoms with Gasteiger partial charge in [0.05, 0.1) is 0 Å². The number of hydrogen-bond donors (Lipinski definition) is 3. The smallest absolute Gasteiger partial charge is 0.161 e. The van der Waals surface area contributed by atoms with E-state index in [-0.39, 0.29) is 17.6 Å². The Bertz CT molecular complexity index is 313. The van der Waals surface area contributed by atoms with Crippen molar-refractivity contribution in [3.05, 3.63) is 0 Å². The summed E-state index contributed by atoms with van der Waals surface area (Å²) in [5.74, 6) is 0. The first-order valence-corrected chi connectivity index (χ1v) is 6.50. The maximum Gasteiger partial charge on any atom is 0.161 e. The normalized spacial score (nSPS) is 41.0. The molecule has 17 heavy (non-hydrogen) atoms. The fourth-order valence-electron chi connectivity index (χ4n) is 2.00. The van der Waals surface area contributed by atoms with E-state index in [1.54, 1.807) is 7.05 Å². The zero-order valence-electron chi connectivity index (χ0n) is 10.2. The first kappa shape index (κ1) is 13.1. The van der Waals surface area contributed by atoms with Crippen molar-refractivity contribution in [2.24, 2.45) is 4.99 Å². The fourth-order valence-corrected chi connectivity index (χ4v) is 3.16. The average molecular weight is 261 g/mol. The second-order valence-electron chi connectivity index (χ2n) is 4.50. The molecule has 5 unspecified atom stereocenters. The molecule has 2 rings (SSSR count). The Balaban J connectivity index is 2.10. The highest BCUT2D eigenvalue weighted by molar-refractivity contribution is 8.14. The Labute approximate surface area is 105 Å². The standard InChI is InChI=1S/C10H19N3O3S/c1-11-4-5-7(14)8(15)6-9(16-5)17-10(12-6)13(2)3/h5-9,11,14-15H,4H2,1-3H3. The van der Waals surface area contributed by atoms with Crippen LogP contribution >= 0.6 is 11.8 Å². The number of nitrogens with one attached hydrogen (secondary N) is 1. The van der Waals surface area contributed by atoms with Gasteiger partial charge in [0, 0.05) is 20.6 Å². The van der Waals surface area contributed by atoms with Gasteiger partial charge in [-0.25, -0.2) is 0 Å². The van der Waals surface area contributed by atoms with Crippen LogP contribution in [0.15, 0.2) is 4.99 Å². The molecule has 0 bridgehead atoms. The lowest BCUT2D eigenvalue weighted by Crippen LogP contribution is -2.57. The molecule has 3 N–H and O–H groups in total. The molecule has 0 aromatic heterocycles. The molecule has 0 spiro atoms. The van der Waals surface area contributed by atoms with Gasteiger partial charge in [-0.3, -0.25) is 4.99 Å². The minimum atomic E-state index is -0.894. The summed E-state index contributed by atoms with van der Waals surface area (Å²) in [5.41, 5.74) is -0.204. The Morgan fingerprint density at radius 1 is 1.41 bits per heavy atom.